The number of fused-ring (bicyclic) bond motifs is 2. The van der Waals surface area contributed by atoms with Gasteiger partial charge in [-0.05, 0) is 6.42 Å². The maximum atomic E-state index is 12.6. The van der Waals surface area contributed by atoms with E-state index >= 15 is 0 Å². The number of hydrogen-bond donors (Lipinski definition) is 1. The van der Waals surface area contributed by atoms with Gasteiger partial charge in [-0.2, -0.15) is 5.26 Å². The van der Waals surface area contributed by atoms with Crippen LogP contribution >= 0.6 is 0 Å². The van der Waals surface area contributed by atoms with Gasteiger partial charge in [-0.1, -0.05) is 0 Å². The predicted molar refractivity (Wildman–Crippen MR) is 55.4 cm³/mol. The molecule has 2 fully saturated rings. The van der Waals surface area contributed by atoms with E-state index in [2.05, 4.69) is 6.07 Å². The molecule has 0 saturated carbocycles. The molecule has 0 aromatic rings. The summed E-state index contributed by atoms with van der Waals surface area (Å²) < 4.78 is -0.204. The molecule has 2 atom stereocenters. The third kappa shape index (κ3) is 1.87. The second kappa shape index (κ2) is 4.09. The number of hydroxylamine groups is 3. The average Bonchev–Trinajstić information content (AvgIpc) is 2.18. The van der Waals surface area contributed by atoms with Crippen LogP contribution < -0.4 is 0 Å². The van der Waals surface area contributed by atoms with Gasteiger partial charge in [-0.15, -0.1) is 0 Å². The highest BCUT2D eigenvalue weighted by Gasteiger charge is 2.45. The minimum atomic E-state index is -0.289. The van der Waals surface area contributed by atoms with Gasteiger partial charge in [0.1, 0.15) is 0 Å². The van der Waals surface area contributed by atoms with Crippen LogP contribution in [0.1, 0.15) is 38.5 Å². The van der Waals surface area contributed by atoms with Crippen molar-refractivity contribution < 1.29 is 9.75 Å². The van der Waals surface area contributed by atoms with Crippen LogP contribution in [0.4, 0.5) is 0 Å². The van der Waals surface area contributed by atoms with E-state index in [9.17, 15) is 10.3 Å². The zero-order chi connectivity index (χ0) is 10.9. The van der Waals surface area contributed by atoms with Gasteiger partial charge in [0.15, 0.2) is 0 Å². The van der Waals surface area contributed by atoms with Crippen LogP contribution in [0.2, 0.25) is 0 Å². The largest absolute Gasteiger partial charge is 0.632 e. The molecule has 2 saturated heterocycles. The molecule has 2 unspecified atom stereocenters. The monoisotopic (exact) mass is 210 g/mol. The molecule has 0 amide bonds. The number of piperidine rings is 2. The fraction of sp³-hybridized carbons (Fsp3) is 0.909. The number of rotatable bonds is 2. The number of aliphatic hydroxyl groups excluding tert-OH is 1. The number of hydrogen-bond acceptors (Lipinski definition) is 3. The summed E-state index contributed by atoms with van der Waals surface area (Å²) >= 11 is 0. The first-order chi connectivity index (χ1) is 7.16. The summed E-state index contributed by atoms with van der Waals surface area (Å²) in [5.74, 6) is 0. The molecule has 1 N–H and O–H groups in total. The van der Waals surface area contributed by atoms with Crippen molar-refractivity contribution in [2.45, 2.75) is 56.7 Å². The summed E-state index contributed by atoms with van der Waals surface area (Å²) in [6.45, 7) is 0.415. The van der Waals surface area contributed by atoms with Crippen LogP contribution in [-0.2, 0) is 0 Å². The summed E-state index contributed by atoms with van der Waals surface area (Å²) in [6, 6.07) is 2.15. The Morgan fingerprint density at radius 3 is 2.47 bits per heavy atom. The Kier molecular flexibility index (Phi) is 2.96. The van der Waals surface area contributed by atoms with Crippen molar-refractivity contribution in [3.8, 4) is 6.07 Å². The Balaban J connectivity index is 2.12. The molecule has 4 heteroatoms. The number of nitrogens with zero attached hydrogens (tertiary/aromatic N) is 2. The van der Waals surface area contributed by atoms with Gasteiger partial charge in [0.2, 0.25) is 0 Å². The van der Waals surface area contributed by atoms with Gasteiger partial charge in [0.05, 0.1) is 37.2 Å². The molecular weight excluding hydrogens is 192 g/mol. The molecule has 2 heterocycles. The van der Waals surface area contributed by atoms with Crippen molar-refractivity contribution in [1.82, 2.24) is 0 Å². The second-order valence-corrected chi connectivity index (χ2v) is 4.85. The molecule has 0 radical (unpaired) electrons. The van der Waals surface area contributed by atoms with Crippen molar-refractivity contribution in [1.29, 1.82) is 5.26 Å². The molecule has 84 valence electrons. The second-order valence-electron chi connectivity index (χ2n) is 4.85. The van der Waals surface area contributed by atoms with E-state index in [0.717, 1.165) is 19.3 Å². The normalized spacial score (nSPS) is 44.7. The van der Waals surface area contributed by atoms with Gasteiger partial charge in [0, 0.05) is 25.7 Å². The van der Waals surface area contributed by atoms with Gasteiger partial charge in [0.25, 0.3) is 0 Å². The van der Waals surface area contributed by atoms with E-state index in [1.807, 2.05) is 0 Å². The van der Waals surface area contributed by atoms with Crippen LogP contribution in [0.3, 0.4) is 0 Å². The van der Waals surface area contributed by atoms with Gasteiger partial charge < -0.3 is 15.0 Å². The van der Waals surface area contributed by atoms with Crippen LogP contribution in [0.15, 0.2) is 0 Å². The summed E-state index contributed by atoms with van der Waals surface area (Å²) in [5, 5.41) is 30.9. The van der Waals surface area contributed by atoms with E-state index in [-0.39, 0.29) is 22.8 Å². The van der Waals surface area contributed by atoms with Crippen molar-refractivity contribution in [2.24, 2.45) is 0 Å². The smallest absolute Gasteiger partial charge is 0.0920 e. The molecule has 2 bridgehead atoms. The molecule has 4 nitrogen and oxygen atoms in total. The number of quaternary nitrogens is 1. The van der Waals surface area contributed by atoms with Crippen molar-refractivity contribution in [2.75, 3.05) is 6.54 Å². The van der Waals surface area contributed by atoms with E-state index in [4.69, 9.17) is 5.26 Å². The molecule has 0 aliphatic carbocycles. The molecular formula is C11H18N2O2. The Hall–Kier alpha value is -0.630. The fourth-order valence-corrected chi connectivity index (χ4v) is 3.23. The molecule has 2 aliphatic rings. The van der Waals surface area contributed by atoms with Gasteiger partial charge >= 0.3 is 0 Å². The van der Waals surface area contributed by atoms with Gasteiger partial charge in [-0.25, -0.2) is 0 Å². The average molecular weight is 210 g/mol. The third-order valence-corrected chi connectivity index (χ3v) is 3.97. The maximum absolute atomic E-state index is 12.6. The quantitative estimate of drug-likeness (QED) is 0.551. The lowest BCUT2D eigenvalue weighted by molar-refractivity contribution is -0.940. The highest BCUT2D eigenvalue weighted by atomic mass is 16.6. The first kappa shape index (κ1) is 10.9. The van der Waals surface area contributed by atoms with E-state index in [1.54, 1.807) is 0 Å². The number of aliphatic hydroxyl groups is 1. The third-order valence-electron chi connectivity index (χ3n) is 3.97. The number of nitriles is 1. The maximum Gasteiger partial charge on any atom is 0.0920 e. The Labute approximate surface area is 90.3 Å². The fourth-order valence-electron chi connectivity index (χ4n) is 3.23. The highest BCUT2D eigenvalue weighted by molar-refractivity contribution is 4.85. The lowest BCUT2D eigenvalue weighted by atomic mass is 9.82. The topological polar surface area (TPSA) is 67.1 Å². The lowest BCUT2D eigenvalue weighted by Crippen LogP contribution is -2.64. The lowest BCUT2D eigenvalue weighted by Gasteiger charge is -2.59. The van der Waals surface area contributed by atoms with Crippen LogP contribution in [0.5, 0.6) is 0 Å². The zero-order valence-electron chi connectivity index (χ0n) is 8.93. The minimum Gasteiger partial charge on any atom is -0.632 e. The first-order valence-electron chi connectivity index (χ1n) is 5.80. The van der Waals surface area contributed by atoms with E-state index in [1.165, 1.54) is 0 Å². The Bertz CT molecular complexity index is 260. The standard InChI is InChI=1S/C11H18N2O2/c12-5-2-6-13(15)9-3-1-4-10(13)8-11(14)7-9/h9-11,14H,1-4,6-8H2. The van der Waals surface area contributed by atoms with E-state index in [0.29, 0.717) is 25.8 Å². The Morgan fingerprint density at radius 1 is 1.33 bits per heavy atom. The SMILES string of the molecule is N#CCC[N+]1([O-])C2CCCC1CC(O)C2. The first-order valence-corrected chi connectivity index (χ1v) is 5.80. The van der Waals surface area contributed by atoms with Gasteiger partial charge in [-0.3, -0.25) is 0 Å². The van der Waals surface area contributed by atoms with Crippen molar-refractivity contribution >= 4 is 0 Å². The molecule has 0 aromatic heterocycles. The van der Waals surface area contributed by atoms with Crippen LogP contribution in [0.25, 0.3) is 0 Å². The predicted octanol–water partition coefficient (Wildman–Crippen LogP) is 1.29. The zero-order valence-corrected chi connectivity index (χ0v) is 8.93. The molecule has 15 heavy (non-hydrogen) atoms. The van der Waals surface area contributed by atoms with Crippen molar-refractivity contribution in [3.05, 3.63) is 5.21 Å². The summed E-state index contributed by atoms with van der Waals surface area (Å²) in [7, 11) is 0. The Morgan fingerprint density at radius 2 is 1.93 bits per heavy atom. The highest BCUT2D eigenvalue weighted by Crippen LogP contribution is 2.40. The molecule has 2 aliphatic heterocycles. The summed E-state index contributed by atoms with van der Waals surface area (Å²) in [5.41, 5.74) is 0. The molecule has 0 spiro atoms. The van der Waals surface area contributed by atoms with E-state index < -0.39 is 0 Å². The summed E-state index contributed by atoms with van der Waals surface area (Å²) in [6.07, 6.45) is 4.26. The van der Waals surface area contributed by atoms with Crippen LogP contribution in [-0.4, -0.2) is 34.5 Å². The molecule has 2 rings (SSSR count). The summed E-state index contributed by atoms with van der Waals surface area (Å²) in [4.78, 5) is 0. The minimum absolute atomic E-state index is 0.0425. The van der Waals surface area contributed by atoms with Crippen molar-refractivity contribution in [3.63, 3.8) is 0 Å². The molecule has 0 aromatic carbocycles. The van der Waals surface area contributed by atoms with Crippen LogP contribution in [0, 0.1) is 16.5 Å².